The molecule has 2 nitrogen and oxygen atoms in total. The number of rotatable bonds is 5. The fourth-order valence-electron chi connectivity index (χ4n) is 1.30. The lowest BCUT2D eigenvalue weighted by Crippen LogP contribution is -2.35. The second-order valence-electron chi connectivity index (χ2n) is 3.81. The summed E-state index contributed by atoms with van der Waals surface area (Å²) in [5.41, 5.74) is -0.197. The number of aromatic nitrogens is 1. The Morgan fingerprint density at radius 1 is 1.60 bits per heavy atom. The summed E-state index contributed by atoms with van der Waals surface area (Å²) in [5.74, 6) is 0.518. The first kappa shape index (κ1) is 12.2. The number of nitrogens with zero attached hydrogens (tertiary/aromatic N) is 1. The molecule has 0 aliphatic heterocycles. The van der Waals surface area contributed by atoms with Crippen molar-refractivity contribution in [3.05, 3.63) is 24.1 Å². The summed E-state index contributed by atoms with van der Waals surface area (Å²) in [7, 11) is 0. The van der Waals surface area contributed by atoms with E-state index in [1.54, 1.807) is 12.3 Å². The van der Waals surface area contributed by atoms with Crippen LogP contribution in [0.4, 0.5) is 10.2 Å². The monoisotopic (exact) mass is 230 g/mol. The maximum absolute atomic E-state index is 13.3. The summed E-state index contributed by atoms with van der Waals surface area (Å²) < 4.78 is 13.3. The van der Waals surface area contributed by atoms with Crippen molar-refractivity contribution in [3.63, 3.8) is 0 Å². The topological polar surface area (TPSA) is 24.9 Å². The highest BCUT2D eigenvalue weighted by atomic mass is 35.5. The average molecular weight is 231 g/mol. The van der Waals surface area contributed by atoms with E-state index in [2.05, 4.69) is 10.3 Å². The quantitative estimate of drug-likeness (QED) is 0.784. The van der Waals surface area contributed by atoms with E-state index in [0.29, 0.717) is 11.7 Å². The van der Waals surface area contributed by atoms with Crippen LogP contribution in [0.2, 0.25) is 0 Å². The third kappa shape index (κ3) is 3.34. The van der Waals surface area contributed by atoms with Gasteiger partial charge in [0, 0.05) is 17.6 Å². The van der Waals surface area contributed by atoms with E-state index >= 15 is 0 Å². The number of anilines is 1. The molecule has 1 heterocycles. The highest BCUT2D eigenvalue weighted by Gasteiger charge is 2.22. The Kier molecular flexibility index (Phi) is 4.33. The van der Waals surface area contributed by atoms with E-state index in [4.69, 9.17) is 11.6 Å². The molecule has 0 bridgehead atoms. The van der Waals surface area contributed by atoms with Crippen LogP contribution >= 0.6 is 11.6 Å². The van der Waals surface area contributed by atoms with Gasteiger partial charge in [0.2, 0.25) is 0 Å². The normalized spacial score (nSPS) is 14.7. The zero-order valence-corrected chi connectivity index (χ0v) is 9.81. The van der Waals surface area contributed by atoms with Crippen LogP contribution in [0.25, 0.3) is 0 Å². The highest BCUT2D eigenvalue weighted by Crippen LogP contribution is 2.22. The van der Waals surface area contributed by atoms with Crippen LogP contribution in [0.1, 0.15) is 26.7 Å². The van der Waals surface area contributed by atoms with Crippen LogP contribution in [-0.2, 0) is 0 Å². The van der Waals surface area contributed by atoms with E-state index in [1.807, 2.05) is 13.8 Å². The van der Waals surface area contributed by atoms with Gasteiger partial charge < -0.3 is 5.32 Å². The Morgan fingerprint density at radius 2 is 2.33 bits per heavy atom. The van der Waals surface area contributed by atoms with E-state index in [9.17, 15) is 4.39 Å². The summed E-state index contributed by atoms with van der Waals surface area (Å²) >= 11 is 5.72. The molecule has 1 atom stereocenters. The third-order valence-corrected chi connectivity index (χ3v) is 2.79. The molecule has 0 saturated heterocycles. The Hall–Kier alpha value is -0.830. The van der Waals surface area contributed by atoms with Gasteiger partial charge in [-0.2, -0.15) is 0 Å². The van der Waals surface area contributed by atoms with E-state index < -0.39 is 0 Å². The molecule has 84 valence electrons. The maximum Gasteiger partial charge on any atom is 0.165 e. The molecule has 0 aromatic carbocycles. The van der Waals surface area contributed by atoms with Crippen molar-refractivity contribution in [1.29, 1.82) is 0 Å². The van der Waals surface area contributed by atoms with Crippen molar-refractivity contribution in [2.24, 2.45) is 0 Å². The molecule has 1 aromatic heterocycles. The number of nitrogens with one attached hydrogen (secondary N) is 1. The largest absolute Gasteiger partial charge is 0.362 e. The van der Waals surface area contributed by atoms with Crippen LogP contribution in [0.5, 0.6) is 0 Å². The smallest absolute Gasteiger partial charge is 0.165 e. The molecule has 0 fully saturated rings. The van der Waals surface area contributed by atoms with Crippen molar-refractivity contribution in [3.8, 4) is 0 Å². The third-order valence-electron chi connectivity index (χ3n) is 2.61. The molecule has 4 heteroatoms. The molecule has 0 aliphatic rings. The SMILES string of the molecule is CCC(C)(CCCl)Nc1ncccc1F. The lowest BCUT2D eigenvalue weighted by Gasteiger charge is -2.29. The number of pyridine rings is 1. The predicted molar refractivity (Wildman–Crippen MR) is 61.9 cm³/mol. The van der Waals surface area contributed by atoms with Crippen LogP contribution in [0, 0.1) is 5.82 Å². The first-order valence-electron chi connectivity index (χ1n) is 5.06. The summed E-state index contributed by atoms with van der Waals surface area (Å²) in [6.45, 7) is 4.06. The Morgan fingerprint density at radius 3 is 2.87 bits per heavy atom. The number of hydrogen-bond donors (Lipinski definition) is 1. The minimum Gasteiger partial charge on any atom is -0.362 e. The molecule has 1 unspecified atom stereocenters. The van der Waals surface area contributed by atoms with Crippen LogP contribution in [0.15, 0.2) is 18.3 Å². The zero-order valence-electron chi connectivity index (χ0n) is 9.06. The van der Waals surface area contributed by atoms with E-state index in [-0.39, 0.29) is 11.4 Å². The van der Waals surface area contributed by atoms with E-state index in [1.165, 1.54) is 6.07 Å². The molecule has 15 heavy (non-hydrogen) atoms. The lowest BCUT2D eigenvalue weighted by atomic mass is 9.95. The van der Waals surface area contributed by atoms with Gasteiger partial charge in [-0.1, -0.05) is 6.92 Å². The maximum atomic E-state index is 13.3. The molecule has 0 spiro atoms. The number of halogens is 2. The van der Waals surface area contributed by atoms with Crippen molar-refractivity contribution in [2.45, 2.75) is 32.2 Å². The first-order valence-corrected chi connectivity index (χ1v) is 5.59. The number of alkyl halides is 1. The van der Waals surface area contributed by atoms with Gasteiger partial charge in [0.15, 0.2) is 11.6 Å². The van der Waals surface area contributed by atoms with Gasteiger partial charge in [0.25, 0.3) is 0 Å². The highest BCUT2D eigenvalue weighted by molar-refractivity contribution is 6.17. The lowest BCUT2D eigenvalue weighted by molar-refractivity contribution is 0.473. The first-order chi connectivity index (χ1) is 7.11. The minimum atomic E-state index is -0.327. The molecule has 1 N–H and O–H groups in total. The van der Waals surface area contributed by atoms with Gasteiger partial charge in [0.1, 0.15) is 0 Å². The van der Waals surface area contributed by atoms with E-state index in [0.717, 1.165) is 12.8 Å². The molecular formula is C11H16ClFN2. The van der Waals surface area contributed by atoms with Crippen molar-refractivity contribution in [1.82, 2.24) is 4.98 Å². The van der Waals surface area contributed by atoms with Gasteiger partial charge in [-0.3, -0.25) is 0 Å². The standard InChI is InChI=1S/C11H16ClFN2/c1-3-11(2,6-7-12)15-10-9(13)5-4-8-14-10/h4-5,8H,3,6-7H2,1-2H3,(H,14,15). The second-order valence-corrected chi connectivity index (χ2v) is 4.19. The van der Waals surface area contributed by atoms with Crippen molar-refractivity contribution < 1.29 is 4.39 Å². The molecule has 0 aliphatic carbocycles. The Balaban J connectivity index is 2.79. The summed E-state index contributed by atoms with van der Waals surface area (Å²) in [6, 6.07) is 2.97. The fraction of sp³-hybridized carbons (Fsp3) is 0.545. The van der Waals surface area contributed by atoms with Crippen LogP contribution in [0.3, 0.4) is 0 Å². The molecule has 1 rings (SSSR count). The van der Waals surface area contributed by atoms with Crippen LogP contribution in [-0.4, -0.2) is 16.4 Å². The Bertz CT molecular complexity index is 319. The molecule has 0 saturated carbocycles. The predicted octanol–water partition coefficient (Wildman–Crippen LogP) is 3.43. The molecule has 1 aromatic rings. The summed E-state index contributed by atoms with van der Waals surface area (Å²) in [4.78, 5) is 3.96. The van der Waals surface area contributed by atoms with Crippen LogP contribution < -0.4 is 5.32 Å². The van der Waals surface area contributed by atoms with Gasteiger partial charge in [-0.15, -0.1) is 11.6 Å². The van der Waals surface area contributed by atoms with Gasteiger partial charge >= 0.3 is 0 Å². The zero-order chi connectivity index (χ0) is 11.3. The minimum absolute atomic E-state index is 0.197. The molecule has 0 radical (unpaired) electrons. The molecule has 0 amide bonds. The summed E-state index contributed by atoms with van der Waals surface area (Å²) in [5, 5.41) is 3.10. The van der Waals surface area contributed by atoms with Crippen molar-refractivity contribution >= 4 is 17.4 Å². The second kappa shape index (κ2) is 5.31. The fourth-order valence-corrected chi connectivity index (χ4v) is 1.72. The van der Waals surface area contributed by atoms with Crippen molar-refractivity contribution in [2.75, 3.05) is 11.2 Å². The van der Waals surface area contributed by atoms with Gasteiger partial charge in [0.05, 0.1) is 0 Å². The molecular weight excluding hydrogens is 215 g/mol. The summed E-state index contributed by atoms with van der Waals surface area (Å²) in [6.07, 6.45) is 3.22. The number of hydrogen-bond acceptors (Lipinski definition) is 2. The van der Waals surface area contributed by atoms with Gasteiger partial charge in [-0.05, 0) is 31.9 Å². The average Bonchev–Trinajstić information content (AvgIpc) is 2.22. The van der Waals surface area contributed by atoms with Gasteiger partial charge in [-0.25, -0.2) is 9.37 Å². The Labute approximate surface area is 94.9 Å².